The van der Waals surface area contributed by atoms with Crippen LogP contribution in [0.3, 0.4) is 0 Å². The third-order valence-corrected chi connectivity index (χ3v) is 5.80. The fourth-order valence-corrected chi connectivity index (χ4v) is 4.62. The van der Waals surface area contributed by atoms with Crippen LogP contribution < -0.4 is 0 Å². The fourth-order valence-electron chi connectivity index (χ4n) is 3.38. The molecule has 2 aliphatic carbocycles. The van der Waals surface area contributed by atoms with Gasteiger partial charge in [0, 0.05) is 17.1 Å². The maximum Gasteiger partial charge on any atom is 0.137 e. The molecule has 0 saturated heterocycles. The molecule has 0 N–H and O–H groups in total. The number of Topliss-reactive ketones (excluding diaryl/α,β-unsaturated/α-hetero) is 1. The van der Waals surface area contributed by atoms with Gasteiger partial charge in [0.15, 0.2) is 0 Å². The molecule has 0 aromatic carbocycles. The Kier molecular flexibility index (Phi) is 3.76. The summed E-state index contributed by atoms with van der Waals surface area (Å²) in [5.74, 6) is 0.957. The molecule has 0 aromatic heterocycles. The summed E-state index contributed by atoms with van der Waals surface area (Å²) in [6.07, 6.45) is 13.3. The highest BCUT2D eigenvalue weighted by Gasteiger charge is 2.43. The minimum absolute atomic E-state index is 0.329. The van der Waals surface area contributed by atoms with E-state index in [-0.39, 0.29) is 0 Å². The summed E-state index contributed by atoms with van der Waals surface area (Å²) in [4.78, 5) is 12.0. The summed E-state index contributed by atoms with van der Waals surface area (Å²) in [6.45, 7) is 0. The van der Waals surface area contributed by atoms with Crippen molar-refractivity contribution in [1.29, 1.82) is 0 Å². The van der Waals surface area contributed by atoms with Crippen molar-refractivity contribution in [1.82, 2.24) is 0 Å². The lowest BCUT2D eigenvalue weighted by atomic mass is 9.72. The SMILES string of the molecule is CSC1(C2CCCCC2=O)CCCCC1. The highest BCUT2D eigenvalue weighted by molar-refractivity contribution is 8.00. The maximum atomic E-state index is 12.0. The van der Waals surface area contributed by atoms with Crippen LogP contribution in [0.25, 0.3) is 0 Å². The van der Waals surface area contributed by atoms with Crippen LogP contribution in [0.5, 0.6) is 0 Å². The smallest absolute Gasteiger partial charge is 0.137 e. The van der Waals surface area contributed by atoms with Crippen molar-refractivity contribution in [3.8, 4) is 0 Å². The van der Waals surface area contributed by atoms with E-state index in [0.717, 1.165) is 12.8 Å². The average molecular weight is 226 g/mol. The fraction of sp³-hybridized carbons (Fsp3) is 0.923. The highest BCUT2D eigenvalue weighted by atomic mass is 32.2. The zero-order valence-electron chi connectivity index (χ0n) is 9.76. The summed E-state index contributed by atoms with van der Waals surface area (Å²) < 4.78 is 0.329. The van der Waals surface area contributed by atoms with Gasteiger partial charge in [0.05, 0.1) is 0 Å². The van der Waals surface area contributed by atoms with Crippen LogP contribution in [0.15, 0.2) is 0 Å². The lowest BCUT2D eigenvalue weighted by Crippen LogP contribution is -2.42. The quantitative estimate of drug-likeness (QED) is 0.712. The van der Waals surface area contributed by atoms with Gasteiger partial charge in [0.1, 0.15) is 5.78 Å². The summed E-state index contributed by atoms with van der Waals surface area (Å²) in [5.41, 5.74) is 0. The monoisotopic (exact) mass is 226 g/mol. The minimum Gasteiger partial charge on any atom is -0.299 e. The Morgan fingerprint density at radius 3 is 2.47 bits per heavy atom. The first kappa shape index (κ1) is 11.5. The van der Waals surface area contributed by atoms with Crippen LogP contribution in [-0.2, 0) is 4.79 Å². The van der Waals surface area contributed by atoms with Crippen molar-refractivity contribution >= 4 is 17.5 Å². The van der Waals surface area contributed by atoms with Crippen molar-refractivity contribution in [3.05, 3.63) is 0 Å². The van der Waals surface area contributed by atoms with Gasteiger partial charge in [-0.1, -0.05) is 25.7 Å². The molecule has 0 spiro atoms. The molecule has 2 aliphatic rings. The van der Waals surface area contributed by atoms with Gasteiger partial charge in [-0.15, -0.1) is 0 Å². The molecule has 0 heterocycles. The molecule has 2 saturated carbocycles. The lowest BCUT2D eigenvalue weighted by molar-refractivity contribution is -0.126. The van der Waals surface area contributed by atoms with Gasteiger partial charge in [-0.25, -0.2) is 0 Å². The molecular weight excluding hydrogens is 204 g/mol. The Bertz CT molecular complexity index is 231. The third-order valence-electron chi connectivity index (χ3n) is 4.30. The number of carbonyl (C=O) groups is 1. The van der Waals surface area contributed by atoms with Crippen molar-refractivity contribution < 1.29 is 4.79 Å². The van der Waals surface area contributed by atoms with Crippen molar-refractivity contribution in [3.63, 3.8) is 0 Å². The molecule has 0 aliphatic heterocycles. The van der Waals surface area contributed by atoms with Gasteiger partial charge < -0.3 is 0 Å². The Balaban J connectivity index is 2.12. The van der Waals surface area contributed by atoms with Crippen LogP contribution in [0.2, 0.25) is 0 Å². The Morgan fingerprint density at radius 1 is 1.13 bits per heavy atom. The van der Waals surface area contributed by atoms with E-state index >= 15 is 0 Å². The van der Waals surface area contributed by atoms with E-state index in [2.05, 4.69) is 6.26 Å². The average Bonchev–Trinajstić information content (AvgIpc) is 2.30. The topological polar surface area (TPSA) is 17.1 Å². The molecular formula is C13H22OS. The van der Waals surface area contributed by atoms with E-state index < -0.39 is 0 Å². The van der Waals surface area contributed by atoms with Gasteiger partial charge in [0.25, 0.3) is 0 Å². The van der Waals surface area contributed by atoms with Gasteiger partial charge in [-0.2, -0.15) is 11.8 Å². The standard InChI is InChI=1S/C13H22OS/c1-15-13(9-5-2-6-10-13)11-7-3-4-8-12(11)14/h11H,2-10H2,1H3. The number of hydrogen-bond acceptors (Lipinski definition) is 2. The maximum absolute atomic E-state index is 12.0. The molecule has 0 amide bonds. The van der Waals surface area contributed by atoms with Crippen LogP contribution in [0.4, 0.5) is 0 Å². The first-order valence-electron chi connectivity index (χ1n) is 6.36. The summed E-state index contributed by atoms with van der Waals surface area (Å²) in [7, 11) is 0. The van der Waals surface area contributed by atoms with Crippen molar-refractivity contribution in [2.24, 2.45) is 5.92 Å². The molecule has 2 rings (SSSR count). The predicted octanol–water partition coefficient (Wildman–Crippen LogP) is 3.81. The zero-order chi connectivity index (χ0) is 10.7. The summed E-state index contributed by atoms with van der Waals surface area (Å²) in [5, 5.41) is 0. The van der Waals surface area contributed by atoms with Crippen LogP contribution in [-0.4, -0.2) is 16.8 Å². The second kappa shape index (κ2) is 4.90. The van der Waals surface area contributed by atoms with Gasteiger partial charge >= 0.3 is 0 Å². The first-order valence-corrected chi connectivity index (χ1v) is 7.59. The second-order valence-corrected chi connectivity index (χ2v) is 6.32. The van der Waals surface area contributed by atoms with Gasteiger partial charge in [-0.3, -0.25) is 4.79 Å². The number of carbonyl (C=O) groups excluding carboxylic acids is 1. The van der Waals surface area contributed by atoms with Gasteiger partial charge in [-0.05, 0) is 31.9 Å². The first-order chi connectivity index (χ1) is 7.28. The molecule has 1 atom stereocenters. The summed E-state index contributed by atoms with van der Waals surface area (Å²) in [6, 6.07) is 0. The normalized spacial score (nSPS) is 31.5. The Morgan fingerprint density at radius 2 is 1.87 bits per heavy atom. The predicted molar refractivity (Wildman–Crippen MR) is 66.3 cm³/mol. The molecule has 0 aromatic rings. The number of rotatable bonds is 2. The van der Waals surface area contributed by atoms with Crippen molar-refractivity contribution in [2.45, 2.75) is 62.5 Å². The molecule has 2 heteroatoms. The van der Waals surface area contributed by atoms with E-state index in [9.17, 15) is 4.79 Å². The van der Waals surface area contributed by atoms with E-state index in [1.54, 1.807) is 0 Å². The van der Waals surface area contributed by atoms with Gasteiger partial charge in [0.2, 0.25) is 0 Å². The van der Waals surface area contributed by atoms with E-state index in [0.29, 0.717) is 16.4 Å². The third kappa shape index (κ3) is 2.25. The molecule has 0 bridgehead atoms. The number of thioether (sulfide) groups is 1. The molecule has 0 radical (unpaired) electrons. The highest BCUT2D eigenvalue weighted by Crippen LogP contribution is 2.47. The number of ketones is 1. The molecule has 1 unspecified atom stereocenters. The number of hydrogen-bond donors (Lipinski definition) is 0. The summed E-state index contributed by atoms with van der Waals surface area (Å²) >= 11 is 1.98. The van der Waals surface area contributed by atoms with E-state index in [1.807, 2.05) is 11.8 Å². The minimum atomic E-state index is 0.329. The van der Waals surface area contributed by atoms with Crippen LogP contribution in [0, 0.1) is 5.92 Å². The van der Waals surface area contributed by atoms with Crippen LogP contribution in [0.1, 0.15) is 57.8 Å². The molecule has 1 nitrogen and oxygen atoms in total. The Labute approximate surface area is 97.4 Å². The molecule has 86 valence electrons. The van der Waals surface area contributed by atoms with E-state index in [1.165, 1.54) is 44.9 Å². The Hall–Kier alpha value is 0.0200. The molecule has 15 heavy (non-hydrogen) atoms. The molecule has 2 fully saturated rings. The second-order valence-electron chi connectivity index (χ2n) is 5.09. The largest absolute Gasteiger partial charge is 0.299 e. The van der Waals surface area contributed by atoms with Crippen LogP contribution >= 0.6 is 11.8 Å². The lowest BCUT2D eigenvalue weighted by Gasteiger charge is -2.43. The van der Waals surface area contributed by atoms with Crippen molar-refractivity contribution in [2.75, 3.05) is 6.26 Å². The van der Waals surface area contributed by atoms with E-state index in [4.69, 9.17) is 0 Å². The zero-order valence-corrected chi connectivity index (χ0v) is 10.6.